The maximum Gasteiger partial charge on any atom is 0.223 e. The Balaban J connectivity index is 2.53. The molecule has 98 valence electrons. The smallest absolute Gasteiger partial charge is 0.223 e. The Bertz CT molecular complexity index is 286. The number of nitrogens with one attached hydrogen (secondary N) is 1. The molecule has 0 aromatic rings. The minimum atomic E-state index is -0.655. The lowest BCUT2D eigenvalue weighted by atomic mass is 9.96. The van der Waals surface area contributed by atoms with E-state index in [1.54, 1.807) is 0 Å². The molecule has 0 bridgehead atoms. The molecule has 1 amide bonds. The van der Waals surface area contributed by atoms with Gasteiger partial charge in [0.2, 0.25) is 5.91 Å². The molecule has 0 heterocycles. The Kier molecular flexibility index (Phi) is 5.21. The van der Waals surface area contributed by atoms with Gasteiger partial charge in [-0.05, 0) is 19.8 Å². The van der Waals surface area contributed by atoms with Crippen LogP contribution in [0.15, 0.2) is 5.16 Å². The lowest BCUT2D eigenvalue weighted by molar-refractivity contribution is -0.123. The van der Waals surface area contributed by atoms with Crippen LogP contribution in [0.1, 0.15) is 39.0 Å². The predicted molar refractivity (Wildman–Crippen MR) is 63.9 cm³/mol. The highest BCUT2D eigenvalue weighted by Crippen LogP contribution is 2.29. The second-order valence-corrected chi connectivity index (χ2v) is 4.27. The zero-order valence-electron chi connectivity index (χ0n) is 10.2. The van der Waals surface area contributed by atoms with Crippen LogP contribution in [-0.2, 0) is 9.53 Å². The number of nitrogens with zero attached hydrogens (tertiary/aromatic N) is 1. The average Bonchev–Trinajstić information content (AvgIpc) is 2.78. The minimum Gasteiger partial charge on any atom is -0.409 e. The van der Waals surface area contributed by atoms with Gasteiger partial charge in [0.25, 0.3) is 0 Å². The normalized spacial score (nSPS) is 19.2. The van der Waals surface area contributed by atoms with E-state index in [2.05, 4.69) is 10.5 Å². The molecule has 0 aliphatic heterocycles. The molecule has 0 spiro atoms. The third kappa shape index (κ3) is 3.59. The van der Waals surface area contributed by atoms with Crippen LogP contribution in [0.3, 0.4) is 0 Å². The highest BCUT2D eigenvalue weighted by atomic mass is 16.5. The number of carbonyl (C=O) groups is 1. The third-order valence-electron chi connectivity index (χ3n) is 3.11. The summed E-state index contributed by atoms with van der Waals surface area (Å²) in [5.74, 6) is -0.0216. The standard InChI is InChI=1S/C11H21N3O3/c1-2-17-8-5-9(15)13-11(10(12)14-16)6-3-4-7-11/h16H,2-8H2,1H3,(H2,12,14)(H,13,15). The monoisotopic (exact) mass is 243 g/mol. The van der Waals surface area contributed by atoms with Crippen molar-refractivity contribution in [3.05, 3.63) is 0 Å². The van der Waals surface area contributed by atoms with Crippen LogP contribution in [0.25, 0.3) is 0 Å². The van der Waals surface area contributed by atoms with Gasteiger partial charge in [-0.15, -0.1) is 0 Å². The lowest BCUT2D eigenvalue weighted by Crippen LogP contribution is -2.55. The van der Waals surface area contributed by atoms with Gasteiger partial charge in [-0.25, -0.2) is 0 Å². The van der Waals surface area contributed by atoms with Crippen molar-refractivity contribution in [1.82, 2.24) is 5.32 Å². The van der Waals surface area contributed by atoms with Crippen LogP contribution in [0.2, 0.25) is 0 Å². The molecular weight excluding hydrogens is 222 g/mol. The summed E-state index contributed by atoms with van der Waals surface area (Å²) in [5.41, 5.74) is 5.02. The first-order chi connectivity index (χ1) is 8.14. The number of ether oxygens (including phenoxy) is 1. The molecule has 0 radical (unpaired) electrons. The molecule has 0 aromatic carbocycles. The molecule has 17 heavy (non-hydrogen) atoms. The van der Waals surface area contributed by atoms with Gasteiger partial charge in [0.15, 0.2) is 5.84 Å². The molecule has 1 rings (SSSR count). The molecule has 6 nitrogen and oxygen atoms in total. The molecule has 0 unspecified atom stereocenters. The number of hydrogen-bond donors (Lipinski definition) is 3. The van der Waals surface area contributed by atoms with Crippen molar-refractivity contribution in [3.63, 3.8) is 0 Å². The molecule has 0 atom stereocenters. The second kappa shape index (κ2) is 6.44. The summed E-state index contributed by atoms with van der Waals surface area (Å²) in [6, 6.07) is 0. The van der Waals surface area contributed by atoms with Crippen LogP contribution < -0.4 is 11.1 Å². The number of carbonyl (C=O) groups excluding carboxylic acids is 1. The van der Waals surface area contributed by atoms with Crippen LogP contribution in [0.5, 0.6) is 0 Å². The Hall–Kier alpha value is -1.30. The van der Waals surface area contributed by atoms with E-state index >= 15 is 0 Å². The number of nitrogens with two attached hydrogens (primary N) is 1. The first kappa shape index (κ1) is 13.8. The molecule has 1 fully saturated rings. The summed E-state index contributed by atoms with van der Waals surface area (Å²) < 4.78 is 5.12. The molecular formula is C11H21N3O3. The number of amidine groups is 1. The van der Waals surface area contributed by atoms with Gasteiger partial charge in [-0.3, -0.25) is 4.79 Å². The average molecular weight is 243 g/mol. The fourth-order valence-corrected chi connectivity index (χ4v) is 2.16. The van der Waals surface area contributed by atoms with Crippen LogP contribution >= 0.6 is 0 Å². The molecule has 1 aliphatic rings. The second-order valence-electron chi connectivity index (χ2n) is 4.27. The van der Waals surface area contributed by atoms with E-state index in [1.165, 1.54) is 0 Å². The van der Waals surface area contributed by atoms with Crippen LogP contribution in [-0.4, -0.2) is 35.7 Å². The summed E-state index contributed by atoms with van der Waals surface area (Å²) >= 11 is 0. The van der Waals surface area contributed by atoms with Gasteiger partial charge < -0.3 is 21.0 Å². The first-order valence-corrected chi connectivity index (χ1v) is 6.01. The molecule has 4 N–H and O–H groups in total. The zero-order chi connectivity index (χ0) is 12.7. The van der Waals surface area contributed by atoms with E-state index in [-0.39, 0.29) is 11.7 Å². The van der Waals surface area contributed by atoms with Crippen LogP contribution in [0, 0.1) is 0 Å². The SMILES string of the molecule is CCOCCC(=O)NC1(C(N)=NO)CCCC1. The van der Waals surface area contributed by atoms with Gasteiger partial charge in [-0.1, -0.05) is 18.0 Å². The zero-order valence-corrected chi connectivity index (χ0v) is 10.2. The summed E-state index contributed by atoms with van der Waals surface area (Å²) in [6.45, 7) is 2.88. The van der Waals surface area contributed by atoms with E-state index < -0.39 is 5.54 Å². The fraction of sp³-hybridized carbons (Fsp3) is 0.818. The first-order valence-electron chi connectivity index (χ1n) is 6.01. The van der Waals surface area contributed by atoms with Crippen molar-refractivity contribution in [2.24, 2.45) is 10.9 Å². The lowest BCUT2D eigenvalue weighted by Gasteiger charge is -2.28. The van der Waals surface area contributed by atoms with E-state index in [0.29, 0.717) is 19.6 Å². The molecule has 1 aliphatic carbocycles. The number of rotatable bonds is 6. The summed E-state index contributed by atoms with van der Waals surface area (Å²) in [5, 5.41) is 14.7. The molecule has 6 heteroatoms. The number of hydrogen-bond acceptors (Lipinski definition) is 4. The maximum absolute atomic E-state index is 11.7. The summed E-state index contributed by atoms with van der Waals surface area (Å²) in [6.07, 6.45) is 3.70. The van der Waals surface area contributed by atoms with E-state index in [1.807, 2.05) is 6.92 Å². The predicted octanol–water partition coefficient (Wildman–Crippen LogP) is 0.588. The van der Waals surface area contributed by atoms with Gasteiger partial charge >= 0.3 is 0 Å². The summed E-state index contributed by atoms with van der Waals surface area (Å²) in [4.78, 5) is 11.7. The molecule has 0 aromatic heterocycles. The van der Waals surface area contributed by atoms with Crippen molar-refractivity contribution < 1.29 is 14.7 Å². The van der Waals surface area contributed by atoms with Crippen molar-refractivity contribution >= 4 is 11.7 Å². The molecule has 1 saturated carbocycles. The third-order valence-corrected chi connectivity index (χ3v) is 3.11. The van der Waals surface area contributed by atoms with Gasteiger partial charge in [-0.2, -0.15) is 0 Å². The number of amides is 1. The van der Waals surface area contributed by atoms with Crippen molar-refractivity contribution in [2.75, 3.05) is 13.2 Å². The van der Waals surface area contributed by atoms with E-state index in [4.69, 9.17) is 15.7 Å². The highest BCUT2D eigenvalue weighted by Gasteiger charge is 2.39. The molecule has 0 saturated heterocycles. The Morgan fingerprint density at radius 2 is 2.18 bits per heavy atom. The number of oxime groups is 1. The minimum absolute atomic E-state index is 0.0970. The van der Waals surface area contributed by atoms with Gasteiger partial charge in [0, 0.05) is 13.0 Å². The quantitative estimate of drug-likeness (QED) is 0.209. The van der Waals surface area contributed by atoms with Gasteiger partial charge in [0.05, 0.1) is 6.61 Å². The van der Waals surface area contributed by atoms with E-state index in [0.717, 1.165) is 25.7 Å². The fourth-order valence-electron chi connectivity index (χ4n) is 2.16. The highest BCUT2D eigenvalue weighted by molar-refractivity contribution is 5.94. The largest absolute Gasteiger partial charge is 0.409 e. The van der Waals surface area contributed by atoms with Crippen LogP contribution in [0.4, 0.5) is 0 Å². The van der Waals surface area contributed by atoms with E-state index in [9.17, 15) is 4.79 Å². The summed E-state index contributed by atoms with van der Waals surface area (Å²) in [7, 11) is 0. The topological polar surface area (TPSA) is 96.9 Å². The Morgan fingerprint density at radius 1 is 1.53 bits per heavy atom. The van der Waals surface area contributed by atoms with Crippen molar-refractivity contribution in [1.29, 1.82) is 0 Å². The Labute approximate surface area is 101 Å². The Morgan fingerprint density at radius 3 is 2.71 bits per heavy atom. The van der Waals surface area contributed by atoms with Gasteiger partial charge in [0.1, 0.15) is 5.54 Å². The maximum atomic E-state index is 11.7. The van der Waals surface area contributed by atoms with Crippen molar-refractivity contribution in [2.45, 2.75) is 44.6 Å². The van der Waals surface area contributed by atoms with Crippen molar-refractivity contribution in [3.8, 4) is 0 Å².